The van der Waals surface area contributed by atoms with Crippen LogP contribution >= 0.6 is 0 Å². The molecule has 31 heavy (non-hydrogen) atoms. The summed E-state index contributed by atoms with van der Waals surface area (Å²) in [5, 5.41) is 20.1. The minimum Gasteiger partial charge on any atom is -0.495 e. The maximum atomic E-state index is 12.3. The van der Waals surface area contributed by atoms with Crippen molar-refractivity contribution in [1.82, 2.24) is 9.47 Å². The van der Waals surface area contributed by atoms with Gasteiger partial charge in [0.1, 0.15) is 18.3 Å². The first kappa shape index (κ1) is 20.7. The summed E-state index contributed by atoms with van der Waals surface area (Å²) in [7, 11) is 1.64. The van der Waals surface area contributed by atoms with Crippen molar-refractivity contribution in [3.63, 3.8) is 0 Å². The highest BCUT2D eigenvalue weighted by molar-refractivity contribution is 5.90. The second-order valence-electron chi connectivity index (χ2n) is 7.56. The molecule has 0 saturated carbocycles. The van der Waals surface area contributed by atoms with Crippen LogP contribution in [0.5, 0.6) is 5.75 Å². The summed E-state index contributed by atoms with van der Waals surface area (Å²) in [6.45, 7) is 2.24. The number of ether oxygens (including phenoxy) is 1. The van der Waals surface area contributed by atoms with Crippen molar-refractivity contribution < 1.29 is 24.5 Å². The van der Waals surface area contributed by atoms with Gasteiger partial charge in [0.25, 0.3) is 0 Å². The molecule has 0 aliphatic carbocycles. The number of piperazine rings is 1. The van der Waals surface area contributed by atoms with Crippen LogP contribution in [0.4, 0.5) is 5.69 Å². The second kappa shape index (κ2) is 8.69. The molecule has 162 valence electrons. The molecule has 0 spiro atoms. The SMILES string of the molecule is COc1ccccc1N1CCN([C@H](C(=O)O)c2cn(CC(=O)O)c3ccccc23)CC1. The van der Waals surface area contributed by atoms with Gasteiger partial charge in [0.15, 0.2) is 0 Å². The Labute approximate surface area is 179 Å². The summed E-state index contributed by atoms with van der Waals surface area (Å²) in [6.07, 6.45) is 1.67. The van der Waals surface area contributed by atoms with Crippen molar-refractivity contribution in [2.45, 2.75) is 12.6 Å². The highest BCUT2D eigenvalue weighted by Crippen LogP contribution is 2.33. The van der Waals surface area contributed by atoms with E-state index in [0.29, 0.717) is 31.7 Å². The molecule has 0 unspecified atom stereocenters. The Morgan fingerprint density at radius 1 is 1.00 bits per heavy atom. The van der Waals surface area contributed by atoms with E-state index >= 15 is 0 Å². The Kier molecular flexibility index (Phi) is 5.81. The number of para-hydroxylation sites is 3. The Morgan fingerprint density at radius 3 is 2.35 bits per heavy atom. The molecule has 4 rings (SSSR count). The summed E-state index contributed by atoms with van der Waals surface area (Å²) in [5.41, 5.74) is 2.34. The summed E-state index contributed by atoms with van der Waals surface area (Å²) in [5.74, 6) is -1.11. The van der Waals surface area contributed by atoms with Gasteiger partial charge in [-0.3, -0.25) is 14.5 Å². The molecule has 8 nitrogen and oxygen atoms in total. The van der Waals surface area contributed by atoms with E-state index in [9.17, 15) is 19.8 Å². The van der Waals surface area contributed by atoms with Gasteiger partial charge >= 0.3 is 11.9 Å². The minimum atomic E-state index is -0.968. The molecule has 1 aliphatic heterocycles. The number of rotatable bonds is 7. The van der Waals surface area contributed by atoms with Gasteiger partial charge in [0.2, 0.25) is 0 Å². The van der Waals surface area contributed by atoms with Crippen LogP contribution in [0.1, 0.15) is 11.6 Å². The molecular formula is C23H25N3O5. The lowest BCUT2D eigenvalue weighted by atomic mass is 10.0. The van der Waals surface area contributed by atoms with E-state index in [4.69, 9.17) is 4.74 Å². The number of anilines is 1. The average Bonchev–Trinajstić information content (AvgIpc) is 3.11. The fourth-order valence-electron chi connectivity index (χ4n) is 4.37. The summed E-state index contributed by atoms with van der Waals surface area (Å²) >= 11 is 0. The topological polar surface area (TPSA) is 95.2 Å². The smallest absolute Gasteiger partial charge is 0.325 e. The maximum Gasteiger partial charge on any atom is 0.325 e. The number of nitrogens with zero attached hydrogens (tertiary/aromatic N) is 3. The number of benzene rings is 2. The fourth-order valence-corrected chi connectivity index (χ4v) is 4.37. The Balaban J connectivity index is 1.61. The second-order valence-corrected chi connectivity index (χ2v) is 7.56. The van der Waals surface area contributed by atoms with E-state index in [1.165, 1.54) is 0 Å². The lowest BCUT2D eigenvalue weighted by Crippen LogP contribution is -2.49. The minimum absolute atomic E-state index is 0.214. The molecule has 1 atom stereocenters. The fraction of sp³-hybridized carbons (Fsp3) is 0.304. The molecule has 8 heteroatoms. The van der Waals surface area contributed by atoms with Crippen LogP contribution in [0.2, 0.25) is 0 Å². The van der Waals surface area contributed by atoms with Gasteiger partial charge in [0.05, 0.1) is 12.8 Å². The highest BCUT2D eigenvalue weighted by atomic mass is 16.5. The molecule has 3 aromatic rings. The van der Waals surface area contributed by atoms with Crippen LogP contribution < -0.4 is 9.64 Å². The first-order valence-corrected chi connectivity index (χ1v) is 10.1. The van der Waals surface area contributed by atoms with E-state index < -0.39 is 18.0 Å². The van der Waals surface area contributed by atoms with Gasteiger partial charge in [-0.2, -0.15) is 0 Å². The molecule has 2 aromatic carbocycles. The third-order valence-electron chi connectivity index (χ3n) is 5.76. The number of methoxy groups -OCH3 is 1. The average molecular weight is 423 g/mol. The van der Waals surface area contributed by atoms with E-state index in [2.05, 4.69) is 4.90 Å². The van der Waals surface area contributed by atoms with Crippen LogP contribution in [0, 0.1) is 0 Å². The normalized spacial score (nSPS) is 15.7. The van der Waals surface area contributed by atoms with Crippen LogP contribution in [0.15, 0.2) is 54.7 Å². The number of carbonyl (C=O) groups is 2. The van der Waals surface area contributed by atoms with Gasteiger partial charge in [-0.05, 0) is 18.2 Å². The molecule has 2 heterocycles. The van der Waals surface area contributed by atoms with Crippen molar-refractivity contribution >= 4 is 28.5 Å². The highest BCUT2D eigenvalue weighted by Gasteiger charge is 2.33. The lowest BCUT2D eigenvalue weighted by molar-refractivity contribution is -0.143. The maximum absolute atomic E-state index is 12.3. The van der Waals surface area contributed by atoms with Crippen LogP contribution in [0.25, 0.3) is 10.9 Å². The Morgan fingerprint density at radius 2 is 1.68 bits per heavy atom. The molecule has 2 N–H and O–H groups in total. The summed E-state index contributed by atoms with van der Waals surface area (Å²) < 4.78 is 7.07. The number of carboxylic acid groups (broad SMARTS) is 2. The predicted octanol–water partition coefficient (Wildman–Crippen LogP) is 2.68. The van der Waals surface area contributed by atoms with Crippen molar-refractivity contribution in [2.24, 2.45) is 0 Å². The van der Waals surface area contributed by atoms with Crippen molar-refractivity contribution in [3.8, 4) is 5.75 Å². The number of fused-ring (bicyclic) bond motifs is 1. The van der Waals surface area contributed by atoms with Crippen LogP contribution in [-0.2, 0) is 16.1 Å². The number of aromatic nitrogens is 1. The first-order valence-electron chi connectivity index (χ1n) is 10.1. The zero-order chi connectivity index (χ0) is 22.0. The van der Waals surface area contributed by atoms with Gasteiger partial charge in [0, 0.05) is 48.8 Å². The molecule has 1 saturated heterocycles. The van der Waals surface area contributed by atoms with E-state index in [0.717, 1.165) is 22.3 Å². The van der Waals surface area contributed by atoms with Crippen molar-refractivity contribution in [2.75, 3.05) is 38.2 Å². The summed E-state index contributed by atoms with van der Waals surface area (Å²) in [6, 6.07) is 14.3. The standard InChI is InChI=1S/C23H25N3O5/c1-31-20-9-5-4-8-19(20)24-10-12-25(13-11-24)22(23(29)30)17-14-26(15-21(27)28)18-7-3-2-6-16(17)18/h2-9,14,22H,10-13,15H2,1H3,(H,27,28)(H,29,30)/t22-/m0/s1. The van der Waals surface area contributed by atoms with Gasteiger partial charge in [-0.15, -0.1) is 0 Å². The molecule has 0 amide bonds. The number of hydrogen-bond acceptors (Lipinski definition) is 5. The zero-order valence-electron chi connectivity index (χ0n) is 17.3. The van der Waals surface area contributed by atoms with E-state index in [1.54, 1.807) is 17.9 Å². The van der Waals surface area contributed by atoms with Crippen molar-refractivity contribution in [1.29, 1.82) is 0 Å². The quantitative estimate of drug-likeness (QED) is 0.603. The molecule has 1 aliphatic rings. The largest absolute Gasteiger partial charge is 0.495 e. The van der Waals surface area contributed by atoms with Crippen molar-refractivity contribution in [3.05, 3.63) is 60.3 Å². The zero-order valence-corrected chi connectivity index (χ0v) is 17.3. The monoisotopic (exact) mass is 423 g/mol. The third kappa shape index (κ3) is 4.06. The lowest BCUT2D eigenvalue weighted by Gasteiger charge is -2.39. The number of hydrogen-bond donors (Lipinski definition) is 2. The molecule has 1 fully saturated rings. The number of carboxylic acids is 2. The van der Waals surface area contributed by atoms with Gasteiger partial charge in [-0.1, -0.05) is 30.3 Å². The third-order valence-corrected chi connectivity index (χ3v) is 5.76. The van der Waals surface area contributed by atoms with Crippen LogP contribution in [-0.4, -0.2) is 64.9 Å². The van der Waals surface area contributed by atoms with Crippen LogP contribution in [0.3, 0.4) is 0 Å². The van der Waals surface area contributed by atoms with E-state index in [1.807, 2.05) is 53.4 Å². The molecule has 0 radical (unpaired) electrons. The first-order chi connectivity index (χ1) is 15.0. The van der Waals surface area contributed by atoms with E-state index in [-0.39, 0.29) is 6.54 Å². The summed E-state index contributed by atoms with van der Waals surface area (Å²) in [4.78, 5) is 27.8. The molecule has 0 bridgehead atoms. The van der Waals surface area contributed by atoms with Gasteiger partial charge in [-0.25, -0.2) is 0 Å². The molecular weight excluding hydrogens is 398 g/mol. The number of aliphatic carboxylic acids is 2. The molecule has 1 aromatic heterocycles. The Hall–Kier alpha value is -3.52. The Bertz CT molecular complexity index is 1100. The predicted molar refractivity (Wildman–Crippen MR) is 117 cm³/mol. The van der Waals surface area contributed by atoms with Gasteiger partial charge < -0.3 is 24.4 Å².